The standard InChI is InChI=1S/C12H16BrNO2S/c13-12-6-8-14(10-12)17(15,16)9-7-11-4-2-1-3-5-11/h1-5,12H,6-10H2. The molecule has 0 aromatic heterocycles. The summed E-state index contributed by atoms with van der Waals surface area (Å²) in [4.78, 5) is 0.314. The van der Waals surface area contributed by atoms with Crippen molar-refractivity contribution in [3.05, 3.63) is 35.9 Å². The molecule has 1 aromatic carbocycles. The highest BCUT2D eigenvalue weighted by Gasteiger charge is 2.29. The Morgan fingerprint density at radius 3 is 2.59 bits per heavy atom. The van der Waals surface area contributed by atoms with Gasteiger partial charge < -0.3 is 0 Å². The van der Waals surface area contributed by atoms with Crippen molar-refractivity contribution in [3.8, 4) is 0 Å². The van der Waals surface area contributed by atoms with Gasteiger partial charge >= 0.3 is 0 Å². The zero-order chi connectivity index (χ0) is 12.3. The van der Waals surface area contributed by atoms with Crippen LogP contribution in [0.4, 0.5) is 0 Å². The van der Waals surface area contributed by atoms with Crippen LogP contribution in [-0.2, 0) is 16.4 Å². The van der Waals surface area contributed by atoms with Crippen LogP contribution in [0.25, 0.3) is 0 Å². The van der Waals surface area contributed by atoms with Gasteiger partial charge in [-0.1, -0.05) is 46.3 Å². The second-order valence-corrected chi connectivity index (χ2v) is 7.68. The molecule has 1 aliphatic rings. The Labute approximate surface area is 111 Å². The van der Waals surface area contributed by atoms with E-state index in [4.69, 9.17) is 0 Å². The summed E-state index contributed by atoms with van der Waals surface area (Å²) in [5, 5.41) is 0. The fourth-order valence-electron chi connectivity index (χ4n) is 1.96. The first-order valence-corrected chi connectivity index (χ1v) is 8.26. The molecule has 0 aliphatic carbocycles. The van der Waals surface area contributed by atoms with Crippen molar-refractivity contribution in [3.63, 3.8) is 0 Å². The van der Waals surface area contributed by atoms with Crippen LogP contribution in [-0.4, -0.2) is 36.4 Å². The lowest BCUT2D eigenvalue weighted by Crippen LogP contribution is -2.31. The van der Waals surface area contributed by atoms with Crippen LogP contribution in [0.2, 0.25) is 0 Å². The lowest BCUT2D eigenvalue weighted by molar-refractivity contribution is 0.478. The van der Waals surface area contributed by atoms with E-state index in [0.29, 0.717) is 24.3 Å². The lowest BCUT2D eigenvalue weighted by Gasteiger charge is -2.15. The number of rotatable bonds is 4. The summed E-state index contributed by atoms with van der Waals surface area (Å²) in [5.41, 5.74) is 1.07. The van der Waals surface area contributed by atoms with E-state index in [9.17, 15) is 8.42 Å². The molecule has 0 bridgehead atoms. The van der Waals surface area contributed by atoms with E-state index in [0.717, 1.165) is 12.0 Å². The number of aryl methyl sites for hydroxylation is 1. The quantitative estimate of drug-likeness (QED) is 0.797. The molecule has 0 saturated carbocycles. The monoisotopic (exact) mass is 317 g/mol. The van der Waals surface area contributed by atoms with Gasteiger partial charge in [-0.15, -0.1) is 0 Å². The van der Waals surface area contributed by atoms with E-state index >= 15 is 0 Å². The van der Waals surface area contributed by atoms with Crippen molar-refractivity contribution in [2.24, 2.45) is 0 Å². The van der Waals surface area contributed by atoms with Crippen LogP contribution in [0.1, 0.15) is 12.0 Å². The maximum Gasteiger partial charge on any atom is 0.214 e. The number of halogens is 1. The van der Waals surface area contributed by atoms with Gasteiger partial charge in [0.25, 0.3) is 0 Å². The first-order chi connectivity index (χ1) is 8.08. The SMILES string of the molecule is O=S(=O)(CCc1ccccc1)N1CCC(Br)C1. The predicted molar refractivity (Wildman–Crippen MR) is 72.8 cm³/mol. The van der Waals surface area contributed by atoms with Crippen LogP contribution >= 0.6 is 15.9 Å². The van der Waals surface area contributed by atoms with Crippen LogP contribution < -0.4 is 0 Å². The molecule has 1 unspecified atom stereocenters. The summed E-state index contributed by atoms with van der Waals surface area (Å²) < 4.78 is 25.7. The summed E-state index contributed by atoms with van der Waals surface area (Å²) in [6.45, 7) is 1.25. The molecule has 5 heteroatoms. The number of benzene rings is 1. The molecule has 0 radical (unpaired) electrons. The molecule has 17 heavy (non-hydrogen) atoms. The predicted octanol–water partition coefficient (Wildman–Crippen LogP) is 2.03. The Hall–Kier alpha value is -0.390. The second kappa shape index (κ2) is 5.50. The van der Waals surface area contributed by atoms with Crippen molar-refractivity contribution in [1.29, 1.82) is 0 Å². The highest BCUT2D eigenvalue weighted by molar-refractivity contribution is 9.09. The van der Waals surface area contributed by atoms with Gasteiger partial charge in [-0.25, -0.2) is 12.7 Å². The van der Waals surface area contributed by atoms with Crippen molar-refractivity contribution < 1.29 is 8.42 Å². The summed E-state index contributed by atoms with van der Waals surface area (Å²) in [5.74, 6) is 0.205. The summed E-state index contributed by atoms with van der Waals surface area (Å²) in [7, 11) is -3.09. The maximum absolute atomic E-state index is 12.1. The molecule has 1 saturated heterocycles. The van der Waals surface area contributed by atoms with E-state index in [1.165, 1.54) is 0 Å². The third kappa shape index (κ3) is 3.53. The van der Waals surface area contributed by atoms with Crippen LogP contribution in [0, 0.1) is 0 Å². The summed E-state index contributed by atoms with van der Waals surface area (Å²) in [6, 6.07) is 9.74. The molecule has 1 aliphatic heterocycles. The Morgan fingerprint density at radius 2 is 2.00 bits per heavy atom. The average molecular weight is 318 g/mol. The minimum absolute atomic E-state index is 0.205. The molecule has 2 rings (SSSR count). The molecular weight excluding hydrogens is 302 g/mol. The molecule has 0 amide bonds. The first kappa shape index (κ1) is 13.1. The molecular formula is C12H16BrNO2S. The van der Waals surface area contributed by atoms with E-state index in [2.05, 4.69) is 15.9 Å². The van der Waals surface area contributed by atoms with Gasteiger partial charge in [-0.2, -0.15) is 0 Å². The molecule has 1 heterocycles. The Bertz CT molecular complexity index is 461. The largest absolute Gasteiger partial charge is 0.214 e. The number of hydrogen-bond acceptors (Lipinski definition) is 2. The van der Waals surface area contributed by atoms with Gasteiger partial charge in [0.2, 0.25) is 10.0 Å². The molecule has 0 N–H and O–H groups in total. The smallest absolute Gasteiger partial charge is 0.212 e. The number of nitrogens with zero attached hydrogens (tertiary/aromatic N) is 1. The molecule has 94 valence electrons. The van der Waals surface area contributed by atoms with E-state index < -0.39 is 10.0 Å². The highest BCUT2D eigenvalue weighted by Crippen LogP contribution is 2.20. The highest BCUT2D eigenvalue weighted by atomic mass is 79.9. The zero-order valence-corrected chi connectivity index (χ0v) is 12.0. The second-order valence-electron chi connectivity index (χ2n) is 4.30. The van der Waals surface area contributed by atoms with Crippen molar-refractivity contribution >= 4 is 26.0 Å². The van der Waals surface area contributed by atoms with Crippen molar-refractivity contribution in [2.75, 3.05) is 18.8 Å². The van der Waals surface area contributed by atoms with Crippen LogP contribution in [0.15, 0.2) is 30.3 Å². The Balaban J connectivity index is 1.94. The molecule has 3 nitrogen and oxygen atoms in total. The maximum atomic E-state index is 12.1. The average Bonchev–Trinajstić information content (AvgIpc) is 2.76. The minimum Gasteiger partial charge on any atom is -0.212 e. The number of sulfonamides is 1. The summed E-state index contributed by atoms with van der Waals surface area (Å²) in [6.07, 6.45) is 1.50. The van der Waals surface area contributed by atoms with E-state index in [1.54, 1.807) is 4.31 Å². The van der Waals surface area contributed by atoms with Gasteiger partial charge in [0.05, 0.1) is 5.75 Å². The zero-order valence-electron chi connectivity index (χ0n) is 9.55. The normalized spacial score (nSPS) is 21.8. The van der Waals surface area contributed by atoms with Gasteiger partial charge in [-0.3, -0.25) is 0 Å². The molecule has 0 spiro atoms. The molecule has 1 fully saturated rings. The van der Waals surface area contributed by atoms with Gasteiger partial charge in [-0.05, 0) is 18.4 Å². The fraction of sp³-hybridized carbons (Fsp3) is 0.500. The number of hydrogen-bond donors (Lipinski definition) is 0. The van der Waals surface area contributed by atoms with E-state index in [-0.39, 0.29) is 5.75 Å². The Morgan fingerprint density at radius 1 is 1.29 bits per heavy atom. The first-order valence-electron chi connectivity index (χ1n) is 5.74. The third-order valence-corrected chi connectivity index (χ3v) is 5.56. The van der Waals surface area contributed by atoms with Crippen molar-refractivity contribution in [2.45, 2.75) is 17.7 Å². The summed E-state index contributed by atoms with van der Waals surface area (Å²) >= 11 is 3.46. The van der Waals surface area contributed by atoms with Crippen molar-refractivity contribution in [1.82, 2.24) is 4.31 Å². The minimum atomic E-state index is -3.09. The van der Waals surface area contributed by atoms with E-state index in [1.807, 2.05) is 30.3 Å². The van der Waals surface area contributed by atoms with Gasteiger partial charge in [0, 0.05) is 17.9 Å². The Kier molecular flexibility index (Phi) is 4.22. The number of alkyl halides is 1. The molecule has 1 aromatic rings. The van der Waals surface area contributed by atoms with Crippen LogP contribution in [0.5, 0.6) is 0 Å². The third-order valence-electron chi connectivity index (χ3n) is 2.98. The lowest BCUT2D eigenvalue weighted by atomic mass is 10.2. The van der Waals surface area contributed by atoms with Gasteiger partial charge in [0.1, 0.15) is 0 Å². The van der Waals surface area contributed by atoms with Crippen LogP contribution in [0.3, 0.4) is 0 Å². The molecule has 1 atom stereocenters. The fourth-order valence-corrected chi connectivity index (χ4v) is 4.25. The van der Waals surface area contributed by atoms with Gasteiger partial charge in [0.15, 0.2) is 0 Å². The topological polar surface area (TPSA) is 37.4 Å².